The maximum Gasteiger partial charge on any atom is 0.227 e. The van der Waals surface area contributed by atoms with Gasteiger partial charge in [-0.25, -0.2) is 19.9 Å². The van der Waals surface area contributed by atoms with Gasteiger partial charge in [-0.05, 0) is 59.7 Å². The molecule has 0 fully saturated rings. The second-order valence-electron chi connectivity index (χ2n) is 11.1. The molecule has 6 aromatic carbocycles. The van der Waals surface area contributed by atoms with E-state index in [1.165, 1.54) is 0 Å². The number of fused-ring (bicyclic) bond motifs is 4. The Morgan fingerprint density at radius 1 is 0.326 bits per heavy atom. The summed E-state index contributed by atoms with van der Waals surface area (Å²) in [5.41, 5.74) is 8.96. The van der Waals surface area contributed by atoms with Gasteiger partial charge in [-0.15, -0.1) is 0 Å². The molecule has 6 heteroatoms. The molecule has 0 aliphatic rings. The van der Waals surface area contributed by atoms with E-state index in [0.29, 0.717) is 23.4 Å². The molecule has 3 aromatic heterocycles. The third-order valence-electron chi connectivity index (χ3n) is 8.17. The zero-order valence-corrected chi connectivity index (χ0v) is 24.5. The van der Waals surface area contributed by atoms with Gasteiger partial charge in [0.15, 0.2) is 23.1 Å². The normalized spacial score (nSPS) is 11.5. The summed E-state index contributed by atoms with van der Waals surface area (Å²) in [6.45, 7) is 0. The van der Waals surface area contributed by atoms with Crippen molar-refractivity contribution in [2.75, 3.05) is 0 Å². The van der Waals surface area contributed by atoms with Crippen LogP contribution < -0.4 is 0 Å². The van der Waals surface area contributed by atoms with Crippen molar-refractivity contribution in [1.29, 1.82) is 0 Å². The van der Waals surface area contributed by atoms with Gasteiger partial charge in [-0.3, -0.25) is 0 Å². The van der Waals surface area contributed by atoms with E-state index < -0.39 is 0 Å². The average molecular weight is 593 g/mol. The first kappa shape index (κ1) is 26.0. The van der Waals surface area contributed by atoms with Gasteiger partial charge in [0, 0.05) is 33.0 Å². The average Bonchev–Trinajstić information content (AvgIpc) is 3.73. The highest BCUT2D eigenvalue weighted by molar-refractivity contribution is 6.07. The molecular weight excluding hydrogens is 568 g/mol. The molecule has 6 nitrogen and oxygen atoms in total. The van der Waals surface area contributed by atoms with Gasteiger partial charge in [-0.2, -0.15) is 0 Å². The topological polar surface area (TPSA) is 77.8 Å². The number of benzene rings is 6. The van der Waals surface area contributed by atoms with Crippen molar-refractivity contribution < 1.29 is 8.83 Å². The number of furan rings is 1. The second kappa shape index (κ2) is 10.6. The highest BCUT2D eigenvalue weighted by atomic mass is 16.3. The second-order valence-corrected chi connectivity index (χ2v) is 11.1. The zero-order valence-electron chi connectivity index (χ0n) is 24.5. The molecule has 0 aliphatic heterocycles. The molecule has 0 radical (unpaired) electrons. The third kappa shape index (κ3) is 4.60. The van der Waals surface area contributed by atoms with Crippen LogP contribution in [-0.2, 0) is 0 Å². The molecule has 0 amide bonds. The fourth-order valence-corrected chi connectivity index (χ4v) is 5.84. The maximum atomic E-state index is 6.36. The molecule has 0 N–H and O–H groups in total. The van der Waals surface area contributed by atoms with Crippen LogP contribution >= 0.6 is 0 Å². The van der Waals surface area contributed by atoms with Crippen LogP contribution in [0.2, 0.25) is 0 Å². The van der Waals surface area contributed by atoms with Gasteiger partial charge in [0.05, 0.1) is 0 Å². The van der Waals surface area contributed by atoms with Crippen LogP contribution in [0.4, 0.5) is 0 Å². The first-order chi connectivity index (χ1) is 22.7. The molecule has 9 rings (SSSR count). The van der Waals surface area contributed by atoms with Crippen LogP contribution in [0.25, 0.3) is 89.8 Å². The highest BCUT2D eigenvalue weighted by Gasteiger charge is 2.16. The largest absolute Gasteiger partial charge is 0.456 e. The van der Waals surface area contributed by atoms with Crippen LogP contribution in [0, 0.1) is 0 Å². The van der Waals surface area contributed by atoms with E-state index in [4.69, 9.17) is 28.8 Å². The zero-order chi connectivity index (χ0) is 30.5. The molecule has 0 spiro atoms. The predicted octanol–water partition coefficient (Wildman–Crippen LogP) is 10.2. The fraction of sp³-hybridized carbons (Fsp3) is 0. The Hall–Kier alpha value is -6.40. The van der Waals surface area contributed by atoms with E-state index in [9.17, 15) is 0 Å². The Labute approximate surface area is 263 Å². The third-order valence-corrected chi connectivity index (χ3v) is 8.17. The van der Waals surface area contributed by atoms with Crippen LogP contribution in [-0.4, -0.2) is 19.9 Å². The van der Waals surface area contributed by atoms with Crippen molar-refractivity contribution in [1.82, 2.24) is 19.9 Å². The summed E-state index contributed by atoms with van der Waals surface area (Å²) in [4.78, 5) is 19.3. The van der Waals surface area contributed by atoms with Crippen molar-refractivity contribution in [3.63, 3.8) is 0 Å². The summed E-state index contributed by atoms with van der Waals surface area (Å²) in [6.07, 6.45) is 0. The minimum absolute atomic E-state index is 0.589. The summed E-state index contributed by atoms with van der Waals surface area (Å²) in [5.74, 6) is 2.45. The number of rotatable bonds is 5. The lowest BCUT2D eigenvalue weighted by molar-refractivity contribution is 0.620. The lowest BCUT2D eigenvalue weighted by atomic mass is 10.0. The van der Waals surface area contributed by atoms with E-state index in [1.807, 2.05) is 109 Å². The van der Waals surface area contributed by atoms with Gasteiger partial charge < -0.3 is 8.83 Å². The first-order valence-corrected chi connectivity index (χ1v) is 15.1. The molecule has 3 heterocycles. The van der Waals surface area contributed by atoms with Crippen LogP contribution in [0.15, 0.2) is 154 Å². The molecule has 216 valence electrons. The molecule has 0 saturated heterocycles. The number of hydrogen-bond donors (Lipinski definition) is 0. The molecule has 9 aromatic rings. The summed E-state index contributed by atoms with van der Waals surface area (Å²) < 4.78 is 12.4. The predicted molar refractivity (Wildman–Crippen MR) is 182 cm³/mol. The Kier molecular flexibility index (Phi) is 6.03. The molecular formula is C40H24N4O2. The Morgan fingerprint density at radius 2 is 0.870 bits per heavy atom. The van der Waals surface area contributed by atoms with E-state index in [2.05, 4.69) is 36.4 Å². The Morgan fingerprint density at radius 3 is 1.52 bits per heavy atom. The number of nitrogens with zero attached hydrogens (tertiary/aromatic N) is 4. The quantitative estimate of drug-likeness (QED) is 0.198. The van der Waals surface area contributed by atoms with E-state index in [-0.39, 0.29) is 0 Å². The van der Waals surface area contributed by atoms with Crippen LogP contribution in [0.1, 0.15) is 0 Å². The minimum atomic E-state index is 0.589. The summed E-state index contributed by atoms with van der Waals surface area (Å²) in [7, 11) is 0. The summed E-state index contributed by atoms with van der Waals surface area (Å²) in [5, 5.41) is 2.06. The smallest absolute Gasteiger partial charge is 0.227 e. The molecule has 0 bridgehead atoms. The van der Waals surface area contributed by atoms with Crippen molar-refractivity contribution in [2.24, 2.45) is 0 Å². The number of oxazole rings is 1. The lowest BCUT2D eigenvalue weighted by Crippen LogP contribution is -2.00. The monoisotopic (exact) mass is 592 g/mol. The molecule has 0 unspecified atom stereocenters. The SMILES string of the molecule is c1ccc(-c2nc(-c3ccccc3)nc(-c3ccc4c(c3)oc3ccc(-c5ccc6oc(-c7ccccc7)nc6c5)cc34)n2)cc1. The van der Waals surface area contributed by atoms with E-state index in [0.717, 1.165) is 66.4 Å². The number of hydrogen-bond acceptors (Lipinski definition) is 6. The van der Waals surface area contributed by atoms with Crippen LogP contribution in [0.5, 0.6) is 0 Å². The standard InChI is InChI=1S/C40H24N4O2/c1-4-10-25(11-5-1)37-42-38(26-12-6-2-7-13-26)44-39(43-37)30-16-19-31-32-22-28(17-20-34(32)45-36(31)24-30)29-18-21-35-33(23-29)41-40(46-35)27-14-8-3-9-15-27/h1-24H. The van der Waals surface area contributed by atoms with Gasteiger partial charge >= 0.3 is 0 Å². The van der Waals surface area contributed by atoms with Crippen molar-refractivity contribution >= 4 is 33.0 Å². The molecule has 0 saturated carbocycles. The molecule has 46 heavy (non-hydrogen) atoms. The van der Waals surface area contributed by atoms with E-state index in [1.54, 1.807) is 0 Å². The minimum Gasteiger partial charge on any atom is -0.456 e. The van der Waals surface area contributed by atoms with Gasteiger partial charge in [0.2, 0.25) is 5.89 Å². The summed E-state index contributed by atoms with van der Waals surface area (Å²) >= 11 is 0. The maximum absolute atomic E-state index is 6.36. The summed E-state index contributed by atoms with van der Waals surface area (Å²) in [6, 6.07) is 48.5. The van der Waals surface area contributed by atoms with Crippen molar-refractivity contribution in [2.45, 2.75) is 0 Å². The van der Waals surface area contributed by atoms with Crippen molar-refractivity contribution in [3.8, 4) is 56.7 Å². The fourth-order valence-electron chi connectivity index (χ4n) is 5.84. The van der Waals surface area contributed by atoms with Gasteiger partial charge in [0.25, 0.3) is 0 Å². The Bertz CT molecular complexity index is 2460. The Balaban J connectivity index is 1.11. The lowest BCUT2D eigenvalue weighted by Gasteiger charge is -2.08. The number of aromatic nitrogens is 4. The van der Waals surface area contributed by atoms with Crippen molar-refractivity contribution in [3.05, 3.63) is 146 Å². The van der Waals surface area contributed by atoms with Crippen LogP contribution in [0.3, 0.4) is 0 Å². The van der Waals surface area contributed by atoms with Gasteiger partial charge in [0.1, 0.15) is 16.7 Å². The first-order valence-electron chi connectivity index (χ1n) is 15.1. The van der Waals surface area contributed by atoms with Gasteiger partial charge in [-0.1, -0.05) is 97.1 Å². The molecule has 0 atom stereocenters. The highest BCUT2D eigenvalue weighted by Crippen LogP contribution is 2.36. The molecule has 0 aliphatic carbocycles. The van der Waals surface area contributed by atoms with E-state index >= 15 is 0 Å².